The third kappa shape index (κ3) is 6.95. The van der Waals surface area contributed by atoms with Crippen LogP contribution in [0, 0.1) is 0 Å². The highest BCUT2D eigenvalue weighted by Gasteiger charge is 2.20. The molecule has 2 amide bonds. The summed E-state index contributed by atoms with van der Waals surface area (Å²) in [6, 6.07) is 5.50. The lowest BCUT2D eigenvalue weighted by atomic mass is 10.1. The van der Waals surface area contributed by atoms with Gasteiger partial charge in [0.05, 0.1) is 0 Å². The summed E-state index contributed by atoms with van der Waals surface area (Å²) in [7, 11) is 0. The van der Waals surface area contributed by atoms with E-state index in [9.17, 15) is 19.5 Å². The Morgan fingerprint density at radius 1 is 1.17 bits per heavy atom. The smallest absolute Gasteiger partial charge is 0.326 e. The number of carbonyl (C=O) groups excluding carboxylic acids is 2. The molecule has 0 aromatic heterocycles. The first-order valence-corrected chi connectivity index (χ1v) is 7.85. The van der Waals surface area contributed by atoms with E-state index in [0.29, 0.717) is 17.7 Å². The molecular formula is C17H24N2O4. The van der Waals surface area contributed by atoms with Gasteiger partial charge in [0.25, 0.3) is 5.91 Å². The first kappa shape index (κ1) is 18.7. The average molecular weight is 320 g/mol. The van der Waals surface area contributed by atoms with E-state index in [4.69, 9.17) is 0 Å². The fraction of sp³-hybridized carbons (Fsp3) is 0.471. The molecule has 1 aromatic carbocycles. The number of hydrogen-bond donors (Lipinski definition) is 3. The SMILES string of the molecule is CCCCCC[C@H](NC(=O)c1cccc(NC(C)=O)c1)C(=O)O. The Balaban J connectivity index is 2.67. The highest BCUT2D eigenvalue weighted by atomic mass is 16.4. The Bertz CT molecular complexity index is 557. The van der Waals surface area contributed by atoms with Gasteiger partial charge in [0, 0.05) is 18.2 Å². The molecule has 0 aliphatic rings. The predicted octanol–water partition coefficient (Wildman–Crippen LogP) is 2.80. The Kier molecular flexibility index (Phi) is 7.80. The number of benzene rings is 1. The van der Waals surface area contributed by atoms with E-state index in [1.165, 1.54) is 13.0 Å². The Morgan fingerprint density at radius 3 is 2.52 bits per heavy atom. The molecule has 1 atom stereocenters. The van der Waals surface area contributed by atoms with Crippen LogP contribution in [-0.2, 0) is 9.59 Å². The maximum Gasteiger partial charge on any atom is 0.326 e. The van der Waals surface area contributed by atoms with Crippen LogP contribution in [0.25, 0.3) is 0 Å². The van der Waals surface area contributed by atoms with Gasteiger partial charge in [0.15, 0.2) is 0 Å². The monoisotopic (exact) mass is 320 g/mol. The number of aliphatic carboxylic acids is 1. The summed E-state index contributed by atoms with van der Waals surface area (Å²) in [4.78, 5) is 34.5. The second kappa shape index (κ2) is 9.61. The number of amides is 2. The van der Waals surface area contributed by atoms with Crippen molar-refractivity contribution in [2.45, 2.75) is 52.0 Å². The minimum atomic E-state index is -1.03. The van der Waals surface area contributed by atoms with E-state index in [0.717, 1.165) is 25.7 Å². The van der Waals surface area contributed by atoms with Crippen LogP contribution in [0.3, 0.4) is 0 Å². The minimum Gasteiger partial charge on any atom is -0.480 e. The lowest BCUT2D eigenvalue weighted by Gasteiger charge is -2.15. The molecule has 1 rings (SSSR count). The van der Waals surface area contributed by atoms with Crippen molar-refractivity contribution in [2.75, 3.05) is 5.32 Å². The van der Waals surface area contributed by atoms with Gasteiger partial charge in [-0.05, 0) is 24.6 Å². The third-order valence-electron chi connectivity index (χ3n) is 3.39. The van der Waals surface area contributed by atoms with Gasteiger partial charge in [0.2, 0.25) is 5.91 Å². The molecule has 0 spiro atoms. The van der Waals surface area contributed by atoms with Gasteiger partial charge >= 0.3 is 5.97 Å². The molecular weight excluding hydrogens is 296 g/mol. The number of anilines is 1. The number of carboxylic acid groups (broad SMARTS) is 1. The molecule has 0 fully saturated rings. The van der Waals surface area contributed by atoms with Crippen LogP contribution in [0.2, 0.25) is 0 Å². The van der Waals surface area contributed by atoms with Crippen molar-refractivity contribution in [2.24, 2.45) is 0 Å². The highest BCUT2D eigenvalue weighted by molar-refractivity contribution is 5.98. The molecule has 0 saturated heterocycles. The lowest BCUT2D eigenvalue weighted by Crippen LogP contribution is -2.40. The molecule has 6 nitrogen and oxygen atoms in total. The van der Waals surface area contributed by atoms with Crippen LogP contribution in [0.1, 0.15) is 56.3 Å². The highest BCUT2D eigenvalue weighted by Crippen LogP contribution is 2.12. The molecule has 3 N–H and O–H groups in total. The summed E-state index contributed by atoms with van der Waals surface area (Å²) in [6.45, 7) is 3.46. The van der Waals surface area contributed by atoms with Crippen LogP contribution in [0.5, 0.6) is 0 Å². The molecule has 0 radical (unpaired) electrons. The zero-order valence-electron chi connectivity index (χ0n) is 13.6. The molecule has 0 saturated carbocycles. The van der Waals surface area contributed by atoms with Crippen LogP contribution >= 0.6 is 0 Å². The number of nitrogens with one attached hydrogen (secondary N) is 2. The predicted molar refractivity (Wildman–Crippen MR) is 88.4 cm³/mol. The third-order valence-corrected chi connectivity index (χ3v) is 3.39. The first-order chi connectivity index (χ1) is 10.9. The molecule has 0 aliphatic carbocycles. The molecule has 0 aliphatic heterocycles. The number of rotatable bonds is 9. The standard InChI is InChI=1S/C17H24N2O4/c1-3-4-5-6-10-15(17(22)23)19-16(21)13-8-7-9-14(11-13)18-12(2)20/h7-9,11,15H,3-6,10H2,1-2H3,(H,18,20)(H,19,21)(H,22,23)/t15-/m0/s1. The van der Waals surface area contributed by atoms with Gasteiger partial charge in [-0.15, -0.1) is 0 Å². The summed E-state index contributed by atoms with van der Waals surface area (Å²) >= 11 is 0. The lowest BCUT2D eigenvalue weighted by molar-refractivity contribution is -0.139. The maximum atomic E-state index is 12.2. The summed E-state index contributed by atoms with van der Waals surface area (Å²) in [5.74, 6) is -1.73. The molecule has 1 aromatic rings. The van der Waals surface area contributed by atoms with Crippen LogP contribution in [-0.4, -0.2) is 28.9 Å². The molecule has 126 valence electrons. The van der Waals surface area contributed by atoms with Gasteiger partial charge in [-0.25, -0.2) is 4.79 Å². The second-order valence-electron chi connectivity index (χ2n) is 5.48. The number of unbranched alkanes of at least 4 members (excludes halogenated alkanes) is 3. The van der Waals surface area contributed by atoms with Crippen molar-refractivity contribution in [3.05, 3.63) is 29.8 Å². The van der Waals surface area contributed by atoms with Gasteiger partial charge in [-0.2, -0.15) is 0 Å². The maximum absolute atomic E-state index is 12.2. The van der Waals surface area contributed by atoms with Crippen LogP contribution in [0.15, 0.2) is 24.3 Å². The topological polar surface area (TPSA) is 95.5 Å². The van der Waals surface area contributed by atoms with E-state index in [1.807, 2.05) is 0 Å². The van der Waals surface area contributed by atoms with Crippen molar-refractivity contribution in [3.8, 4) is 0 Å². The quantitative estimate of drug-likeness (QED) is 0.610. The summed E-state index contributed by atoms with van der Waals surface area (Å²) < 4.78 is 0. The second-order valence-corrected chi connectivity index (χ2v) is 5.48. The van der Waals surface area contributed by atoms with E-state index in [1.54, 1.807) is 18.2 Å². The van der Waals surface area contributed by atoms with Gasteiger partial charge in [-0.1, -0.05) is 38.7 Å². The van der Waals surface area contributed by atoms with Crippen molar-refractivity contribution in [1.82, 2.24) is 5.32 Å². The van der Waals surface area contributed by atoms with Gasteiger partial charge in [0.1, 0.15) is 6.04 Å². The molecule has 0 bridgehead atoms. The Labute approximate surface area is 136 Å². The summed E-state index contributed by atoms with van der Waals surface area (Å²) in [6.07, 6.45) is 4.25. The van der Waals surface area contributed by atoms with Crippen molar-refractivity contribution < 1.29 is 19.5 Å². The first-order valence-electron chi connectivity index (χ1n) is 7.85. The molecule has 6 heteroatoms. The van der Waals surface area contributed by atoms with Gasteiger partial charge < -0.3 is 15.7 Å². The number of carbonyl (C=O) groups is 3. The zero-order valence-corrected chi connectivity index (χ0v) is 13.6. The Hall–Kier alpha value is -2.37. The number of hydrogen-bond acceptors (Lipinski definition) is 3. The van der Waals surface area contributed by atoms with Crippen molar-refractivity contribution in [3.63, 3.8) is 0 Å². The van der Waals surface area contributed by atoms with Crippen molar-refractivity contribution in [1.29, 1.82) is 0 Å². The molecule has 0 heterocycles. The van der Waals surface area contributed by atoms with Gasteiger partial charge in [-0.3, -0.25) is 9.59 Å². The fourth-order valence-electron chi connectivity index (χ4n) is 2.22. The Morgan fingerprint density at radius 2 is 1.91 bits per heavy atom. The van der Waals surface area contributed by atoms with E-state index in [2.05, 4.69) is 17.6 Å². The number of carboxylic acids is 1. The van der Waals surface area contributed by atoms with Crippen LogP contribution in [0.4, 0.5) is 5.69 Å². The normalized spacial score (nSPS) is 11.6. The van der Waals surface area contributed by atoms with Crippen molar-refractivity contribution >= 4 is 23.5 Å². The molecule has 23 heavy (non-hydrogen) atoms. The minimum absolute atomic E-state index is 0.234. The average Bonchev–Trinajstić information content (AvgIpc) is 2.49. The van der Waals surface area contributed by atoms with E-state index >= 15 is 0 Å². The largest absolute Gasteiger partial charge is 0.480 e. The van der Waals surface area contributed by atoms with Crippen LogP contribution < -0.4 is 10.6 Å². The summed E-state index contributed by atoms with van der Waals surface area (Å²) in [5, 5.41) is 14.4. The van der Waals surface area contributed by atoms with E-state index < -0.39 is 17.9 Å². The summed E-state index contributed by atoms with van der Waals surface area (Å²) in [5.41, 5.74) is 0.816. The fourth-order valence-corrected chi connectivity index (χ4v) is 2.22. The molecule has 0 unspecified atom stereocenters. The zero-order chi connectivity index (χ0) is 17.2. The van der Waals surface area contributed by atoms with E-state index in [-0.39, 0.29) is 5.91 Å².